The largest absolute Gasteiger partial charge is 0.361 e. The highest BCUT2D eigenvalue weighted by molar-refractivity contribution is 7.22. The van der Waals surface area contributed by atoms with E-state index >= 15 is 0 Å². The molecule has 1 heterocycles. The van der Waals surface area contributed by atoms with Gasteiger partial charge in [-0.1, -0.05) is 29.0 Å². The molecule has 0 saturated heterocycles. The molecule has 2 aromatic rings. The van der Waals surface area contributed by atoms with Crippen molar-refractivity contribution in [1.82, 2.24) is 10.3 Å². The molecule has 0 spiro atoms. The summed E-state index contributed by atoms with van der Waals surface area (Å²) in [4.78, 5) is 16.0. The minimum Gasteiger partial charge on any atom is -0.361 e. The third-order valence-electron chi connectivity index (χ3n) is 3.17. The number of anilines is 1. The Balaban J connectivity index is 1.47. The van der Waals surface area contributed by atoms with Crippen molar-refractivity contribution < 1.29 is 4.79 Å². The number of nitrogens with one attached hydrogen (secondary N) is 2. The molecular formula is C14H16ClN3OS. The summed E-state index contributed by atoms with van der Waals surface area (Å²) >= 11 is 7.67. The normalized spacial score (nSPS) is 14.4. The van der Waals surface area contributed by atoms with Crippen molar-refractivity contribution in [3.8, 4) is 0 Å². The highest BCUT2D eigenvalue weighted by atomic mass is 35.5. The lowest BCUT2D eigenvalue weighted by molar-refractivity contribution is -0.121. The standard InChI is InChI=1S/C14H16ClN3OS/c15-10-3-1-4-11-13(10)20-14(18-11)16-8-2-5-12(19)17-9-6-7-9/h1,3-4,9H,2,5-8H2,(H,16,18)(H,17,19). The smallest absolute Gasteiger partial charge is 0.220 e. The average molecular weight is 310 g/mol. The number of halogens is 1. The summed E-state index contributed by atoms with van der Waals surface area (Å²) < 4.78 is 1.00. The predicted octanol–water partition coefficient (Wildman–Crippen LogP) is 3.42. The Morgan fingerprint density at radius 1 is 1.45 bits per heavy atom. The second-order valence-corrected chi connectivity index (χ2v) is 6.39. The van der Waals surface area contributed by atoms with Crippen LogP contribution in [0, 0.1) is 0 Å². The molecule has 1 fully saturated rings. The number of hydrogen-bond acceptors (Lipinski definition) is 4. The summed E-state index contributed by atoms with van der Waals surface area (Å²) in [5.74, 6) is 0.154. The first-order valence-corrected chi connectivity index (χ1v) is 8.00. The van der Waals surface area contributed by atoms with E-state index in [4.69, 9.17) is 11.6 Å². The fourth-order valence-corrected chi connectivity index (χ4v) is 3.14. The Bertz CT molecular complexity index is 624. The number of fused-ring (bicyclic) bond motifs is 1. The number of benzene rings is 1. The topological polar surface area (TPSA) is 54.0 Å². The van der Waals surface area contributed by atoms with E-state index in [9.17, 15) is 4.79 Å². The molecule has 1 aliphatic carbocycles. The van der Waals surface area contributed by atoms with Gasteiger partial charge in [0.25, 0.3) is 0 Å². The van der Waals surface area contributed by atoms with Crippen molar-refractivity contribution in [1.29, 1.82) is 0 Å². The summed E-state index contributed by atoms with van der Waals surface area (Å²) in [6.45, 7) is 0.746. The minimum atomic E-state index is 0.154. The van der Waals surface area contributed by atoms with Crippen LogP contribution in [0.2, 0.25) is 5.02 Å². The molecular weight excluding hydrogens is 294 g/mol. The van der Waals surface area contributed by atoms with Crippen LogP contribution in [0.5, 0.6) is 0 Å². The highest BCUT2D eigenvalue weighted by Crippen LogP contribution is 2.31. The number of carbonyl (C=O) groups excluding carboxylic acids is 1. The van der Waals surface area contributed by atoms with Crippen molar-refractivity contribution in [2.24, 2.45) is 0 Å². The van der Waals surface area contributed by atoms with Crippen LogP contribution in [0.4, 0.5) is 5.13 Å². The number of rotatable bonds is 6. The van der Waals surface area contributed by atoms with Gasteiger partial charge in [-0.25, -0.2) is 4.98 Å². The van der Waals surface area contributed by atoms with Crippen LogP contribution in [0.1, 0.15) is 25.7 Å². The van der Waals surface area contributed by atoms with Gasteiger partial charge in [0.05, 0.1) is 15.2 Å². The average Bonchev–Trinajstić information content (AvgIpc) is 3.12. The Kier molecular flexibility index (Phi) is 4.08. The number of hydrogen-bond donors (Lipinski definition) is 2. The van der Waals surface area contributed by atoms with Gasteiger partial charge in [-0.3, -0.25) is 4.79 Å². The number of carbonyl (C=O) groups is 1. The molecule has 3 rings (SSSR count). The fraction of sp³-hybridized carbons (Fsp3) is 0.429. The third-order valence-corrected chi connectivity index (χ3v) is 4.66. The molecule has 1 aliphatic rings. The molecule has 0 atom stereocenters. The first kappa shape index (κ1) is 13.6. The molecule has 0 bridgehead atoms. The molecule has 1 amide bonds. The zero-order chi connectivity index (χ0) is 13.9. The SMILES string of the molecule is O=C(CCCNc1nc2cccc(Cl)c2s1)NC1CC1. The van der Waals surface area contributed by atoms with Gasteiger partial charge < -0.3 is 10.6 Å². The van der Waals surface area contributed by atoms with E-state index in [1.807, 2.05) is 18.2 Å². The van der Waals surface area contributed by atoms with E-state index in [2.05, 4.69) is 15.6 Å². The van der Waals surface area contributed by atoms with Crippen LogP contribution in [0.25, 0.3) is 10.2 Å². The first-order chi connectivity index (χ1) is 9.72. The number of nitrogens with zero attached hydrogens (tertiary/aromatic N) is 1. The molecule has 106 valence electrons. The fourth-order valence-electron chi connectivity index (χ4n) is 1.96. The maximum atomic E-state index is 11.5. The van der Waals surface area contributed by atoms with Crippen molar-refractivity contribution >= 4 is 44.2 Å². The van der Waals surface area contributed by atoms with Crippen LogP contribution >= 0.6 is 22.9 Å². The summed E-state index contributed by atoms with van der Waals surface area (Å²) in [6.07, 6.45) is 3.64. The molecule has 1 aromatic heterocycles. The molecule has 20 heavy (non-hydrogen) atoms. The molecule has 0 unspecified atom stereocenters. The number of amides is 1. The zero-order valence-corrected chi connectivity index (χ0v) is 12.6. The monoisotopic (exact) mass is 309 g/mol. The lowest BCUT2D eigenvalue weighted by atomic mass is 10.3. The van der Waals surface area contributed by atoms with Crippen molar-refractivity contribution in [3.63, 3.8) is 0 Å². The van der Waals surface area contributed by atoms with E-state index < -0.39 is 0 Å². The van der Waals surface area contributed by atoms with Gasteiger partial charge in [0.15, 0.2) is 5.13 Å². The maximum absolute atomic E-state index is 11.5. The summed E-state index contributed by atoms with van der Waals surface area (Å²) in [5, 5.41) is 7.83. The van der Waals surface area contributed by atoms with E-state index in [1.54, 1.807) is 11.3 Å². The van der Waals surface area contributed by atoms with Gasteiger partial charge in [-0.15, -0.1) is 0 Å². The maximum Gasteiger partial charge on any atom is 0.220 e. The second kappa shape index (κ2) is 5.97. The van der Waals surface area contributed by atoms with Gasteiger partial charge in [0, 0.05) is 19.0 Å². The van der Waals surface area contributed by atoms with Gasteiger partial charge >= 0.3 is 0 Å². The minimum absolute atomic E-state index is 0.154. The van der Waals surface area contributed by atoms with Crippen LogP contribution < -0.4 is 10.6 Å². The summed E-state index contributed by atoms with van der Waals surface area (Å²) in [7, 11) is 0. The zero-order valence-electron chi connectivity index (χ0n) is 11.0. The molecule has 1 saturated carbocycles. The van der Waals surface area contributed by atoms with E-state index in [0.717, 1.165) is 46.2 Å². The summed E-state index contributed by atoms with van der Waals surface area (Å²) in [5.41, 5.74) is 0.913. The second-order valence-electron chi connectivity index (χ2n) is 4.98. The van der Waals surface area contributed by atoms with Crippen LogP contribution in [0.3, 0.4) is 0 Å². The lowest BCUT2D eigenvalue weighted by Gasteiger charge is -2.03. The van der Waals surface area contributed by atoms with E-state index in [-0.39, 0.29) is 5.91 Å². The third kappa shape index (κ3) is 3.41. The van der Waals surface area contributed by atoms with Crippen LogP contribution in [-0.4, -0.2) is 23.5 Å². The van der Waals surface area contributed by atoms with Gasteiger partial charge in [0.1, 0.15) is 0 Å². The number of thiazole rings is 1. The molecule has 6 heteroatoms. The Morgan fingerprint density at radius 2 is 2.30 bits per heavy atom. The molecule has 0 aliphatic heterocycles. The number of aromatic nitrogens is 1. The molecule has 1 aromatic carbocycles. The van der Waals surface area contributed by atoms with Gasteiger partial charge in [0.2, 0.25) is 5.91 Å². The molecule has 4 nitrogen and oxygen atoms in total. The first-order valence-electron chi connectivity index (χ1n) is 6.80. The van der Waals surface area contributed by atoms with Crippen molar-refractivity contribution in [3.05, 3.63) is 23.2 Å². The van der Waals surface area contributed by atoms with Crippen LogP contribution in [0.15, 0.2) is 18.2 Å². The van der Waals surface area contributed by atoms with E-state index in [0.29, 0.717) is 12.5 Å². The van der Waals surface area contributed by atoms with Crippen molar-refractivity contribution in [2.75, 3.05) is 11.9 Å². The summed E-state index contributed by atoms with van der Waals surface area (Å²) in [6, 6.07) is 6.16. The Morgan fingerprint density at radius 3 is 3.05 bits per heavy atom. The van der Waals surface area contributed by atoms with Gasteiger partial charge in [-0.2, -0.15) is 0 Å². The van der Waals surface area contributed by atoms with E-state index in [1.165, 1.54) is 0 Å². The van der Waals surface area contributed by atoms with Crippen LogP contribution in [-0.2, 0) is 4.79 Å². The van der Waals surface area contributed by atoms with Crippen molar-refractivity contribution in [2.45, 2.75) is 31.7 Å². The Labute approximate surface area is 126 Å². The molecule has 2 N–H and O–H groups in total. The Hall–Kier alpha value is -1.33. The predicted molar refractivity (Wildman–Crippen MR) is 83.5 cm³/mol. The quantitative estimate of drug-likeness (QED) is 0.804. The lowest BCUT2D eigenvalue weighted by Crippen LogP contribution is -2.25. The molecule has 0 radical (unpaired) electrons. The highest BCUT2D eigenvalue weighted by Gasteiger charge is 2.22. The van der Waals surface area contributed by atoms with Gasteiger partial charge in [-0.05, 0) is 31.4 Å².